The summed E-state index contributed by atoms with van der Waals surface area (Å²) >= 11 is 12.5. The van der Waals surface area contributed by atoms with Gasteiger partial charge in [-0.1, -0.05) is 47.5 Å². The third-order valence-electron chi connectivity index (χ3n) is 4.19. The van der Waals surface area contributed by atoms with Crippen molar-refractivity contribution in [3.8, 4) is 0 Å². The molecule has 0 saturated heterocycles. The van der Waals surface area contributed by atoms with Crippen LogP contribution in [0.2, 0.25) is 0 Å². The zero-order valence-corrected chi connectivity index (χ0v) is 14.4. The topological polar surface area (TPSA) is 87.1 Å². The van der Waals surface area contributed by atoms with Gasteiger partial charge in [0.05, 0.1) is 12.8 Å². The number of hydrogen-bond donors (Lipinski definition) is 3. The Morgan fingerprint density at radius 3 is 2.92 bits per heavy atom. The highest BCUT2D eigenvalue weighted by Crippen LogP contribution is 2.39. The maximum atomic E-state index is 12.5. The van der Waals surface area contributed by atoms with Gasteiger partial charge in [0.25, 0.3) is 5.91 Å². The molecule has 1 fully saturated rings. The Labute approximate surface area is 149 Å². The van der Waals surface area contributed by atoms with E-state index in [-0.39, 0.29) is 18.3 Å². The monoisotopic (exact) mass is 368 g/mol. The average Bonchev–Trinajstić information content (AvgIpc) is 2.91. The summed E-state index contributed by atoms with van der Waals surface area (Å²) in [6.45, 7) is -0.287. The smallest absolute Gasteiger partial charge is 0.273 e. The predicted molar refractivity (Wildman–Crippen MR) is 93.1 cm³/mol. The number of aliphatic hydroxyl groups is 1. The zero-order chi connectivity index (χ0) is 17.2. The number of carbonyl (C=O) groups excluding carboxylic acids is 1. The molecule has 3 N–H and O–H groups in total. The summed E-state index contributed by atoms with van der Waals surface area (Å²) in [5.74, 6) is -0.418. The molecule has 1 aromatic heterocycles. The van der Waals surface area contributed by atoms with Crippen LogP contribution < -0.4 is 10.6 Å². The number of nitrogens with one attached hydrogen (secondary N) is 2. The first-order valence-corrected chi connectivity index (χ1v) is 8.53. The summed E-state index contributed by atoms with van der Waals surface area (Å²) < 4.78 is -0.891. The normalized spacial score (nSPS) is 20.9. The summed E-state index contributed by atoms with van der Waals surface area (Å²) in [4.78, 5) is 12.5. The fourth-order valence-corrected chi connectivity index (χ4v) is 3.55. The first kappa shape index (κ1) is 17.4. The summed E-state index contributed by atoms with van der Waals surface area (Å²) in [7, 11) is 0. The lowest BCUT2D eigenvalue weighted by Gasteiger charge is -2.28. The van der Waals surface area contributed by atoms with Gasteiger partial charge < -0.3 is 10.4 Å². The summed E-state index contributed by atoms with van der Waals surface area (Å²) in [6, 6.07) is 7.16. The molecule has 128 valence electrons. The highest BCUT2D eigenvalue weighted by atomic mass is 35.5. The van der Waals surface area contributed by atoms with Crippen molar-refractivity contribution in [2.24, 2.45) is 0 Å². The van der Waals surface area contributed by atoms with Crippen molar-refractivity contribution in [1.82, 2.24) is 20.8 Å². The van der Waals surface area contributed by atoms with Gasteiger partial charge in [-0.25, -0.2) is 0 Å². The van der Waals surface area contributed by atoms with Crippen LogP contribution >= 0.6 is 23.2 Å². The standard InChI is InChI=1S/C16H18Cl2N4O2/c17-16(18)7-3-6-12(16)20-13(9-23)21-15(24)14-11-5-2-1-4-10(11)8-19-22-14/h1-2,4-5,8,12-13,20,23H,3,6-7,9H2,(H,21,24). The van der Waals surface area contributed by atoms with Gasteiger partial charge in [-0.2, -0.15) is 5.10 Å². The lowest BCUT2D eigenvalue weighted by molar-refractivity contribution is 0.0891. The number of aliphatic hydroxyl groups excluding tert-OH is 1. The zero-order valence-electron chi connectivity index (χ0n) is 12.9. The van der Waals surface area contributed by atoms with Crippen LogP contribution in [0, 0.1) is 0 Å². The maximum Gasteiger partial charge on any atom is 0.273 e. The molecule has 6 nitrogen and oxygen atoms in total. The fourth-order valence-electron chi connectivity index (χ4n) is 2.94. The fraction of sp³-hybridized carbons (Fsp3) is 0.438. The van der Waals surface area contributed by atoms with E-state index in [9.17, 15) is 9.90 Å². The Morgan fingerprint density at radius 1 is 1.42 bits per heavy atom. The van der Waals surface area contributed by atoms with Gasteiger partial charge in [-0.3, -0.25) is 10.1 Å². The van der Waals surface area contributed by atoms with E-state index in [1.54, 1.807) is 12.3 Å². The average molecular weight is 369 g/mol. The number of nitrogens with zero attached hydrogens (tertiary/aromatic N) is 2. The van der Waals surface area contributed by atoms with Gasteiger partial charge in [0.2, 0.25) is 0 Å². The minimum atomic E-state index is -0.891. The molecule has 3 rings (SSSR count). The number of amides is 1. The summed E-state index contributed by atoms with van der Waals surface area (Å²) in [5.41, 5.74) is 0.211. The van der Waals surface area contributed by atoms with Gasteiger partial charge in [0.15, 0.2) is 5.69 Å². The van der Waals surface area contributed by atoms with E-state index in [1.165, 1.54) is 0 Å². The highest BCUT2D eigenvalue weighted by molar-refractivity contribution is 6.49. The lowest BCUT2D eigenvalue weighted by Crippen LogP contribution is -2.54. The molecule has 2 aromatic rings. The molecule has 1 saturated carbocycles. The number of benzene rings is 1. The van der Waals surface area contributed by atoms with E-state index in [4.69, 9.17) is 23.2 Å². The molecule has 1 amide bonds. The number of carbonyl (C=O) groups is 1. The molecule has 2 unspecified atom stereocenters. The van der Waals surface area contributed by atoms with Crippen LogP contribution in [0.15, 0.2) is 30.5 Å². The van der Waals surface area contributed by atoms with Gasteiger partial charge in [0.1, 0.15) is 10.5 Å². The second kappa shape index (κ2) is 7.19. The Hall–Kier alpha value is -1.47. The van der Waals surface area contributed by atoms with Gasteiger partial charge in [-0.05, 0) is 19.3 Å². The Bertz CT molecular complexity index is 736. The minimum Gasteiger partial charge on any atom is -0.393 e. The van der Waals surface area contributed by atoms with E-state index >= 15 is 0 Å². The third-order valence-corrected chi connectivity index (χ3v) is 5.09. The first-order valence-electron chi connectivity index (χ1n) is 7.77. The summed E-state index contributed by atoms with van der Waals surface area (Å²) in [5, 5.41) is 24.7. The van der Waals surface area contributed by atoms with Crippen molar-refractivity contribution >= 4 is 39.9 Å². The molecular weight excluding hydrogens is 351 g/mol. The van der Waals surface area contributed by atoms with E-state index in [1.807, 2.05) is 18.2 Å². The summed E-state index contributed by atoms with van der Waals surface area (Å²) in [6.07, 6.45) is 3.29. The second-order valence-electron chi connectivity index (χ2n) is 5.86. The van der Waals surface area contributed by atoms with E-state index in [0.717, 1.165) is 18.2 Å². The molecule has 1 heterocycles. The molecule has 0 spiro atoms. The van der Waals surface area contributed by atoms with Crippen LogP contribution in [-0.4, -0.2) is 44.4 Å². The van der Waals surface area contributed by atoms with Crippen LogP contribution in [0.1, 0.15) is 29.8 Å². The number of hydrogen-bond acceptors (Lipinski definition) is 5. The molecule has 1 aliphatic rings. The number of aromatic nitrogens is 2. The molecular formula is C16H18Cl2N4O2. The van der Waals surface area contributed by atoms with Crippen molar-refractivity contribution in [2.45, 2.75) is 35.8 Å². The molecule has 8 heteroatoms. The van der Waals surface area contributed by atoms with Gasteiger partial charge in [-0.15, -0.1) is 5.10 Å². The number of rotatable bonds is 5. The number of fused-ring (bicyclic) bond motifs is 1. The third kappa shape index (κ3) is 3.62. The van der Waals surface area contributed by atoms with Crippen LogP contribution in [0.4, 0.5) is 0 Å². The highest BCUT2D eigenvalue weighted by Gasteiger charge is 2.40. The van der Waals surface area contributed by atoms with Crippen molar-refractivity contribution in [3.63, 3.8) is 0 Å². The predicted octanol–water partition coefficient (Wildman–Crippen LogP) is 1.99. The van der Waals surface area contributed by atoms with E-state index in [2.05, 4.69) is 20.8 Å². The largest absolute Gasteiger partial charge is 0.393 e. The minimum absolute atomic E-state index is 0.197. The quantitative estimate of drug-likeness (QED) is 0.554. The van der Waals surface area contributed by atoms with Crippen LogP contribution in [-0.2, 0) is 0 Å². The molecule has 0 bridgehead atoms. The first-order chi connectivity index (χ1) is 11.5. The van der Waals surface area contributed by atoms with Crippen molar-refractivity contribution in [1.29, 1.82) is 0 Å². The Balaban J connectivity index is 1.74. The van der Waals surface area contributed by atoms with Crippen molar-refractivity contribution < 1.29 is 9.90 Å². The molecule has 24 heavy (non-hydrogen) atoms. The SMILES string of the molecule is O=C(NC(CO)NC1CCCC1(Cl)Cl)c1nncc2ccccc12. The molecule has 2 atom stereocenters. The van der Waals surface area contributed by atoms with Crippen LogP contribution in [0.25, 0.3) is 10.8 Å². The molecule has 0 radical (unpaired) electrons. The van der Waals surface area contributed by atoms with Crippen molar-refractivity contribution in [3.05, 3.63) is 36.2 Å². The Kier molecular flexibility index (Phi) is 5.20. The maximum absolute atomic E-state index is 12.5. The van der Waals surface area contributed by atoms with Crippen LogP contribution in [0.5, 0.6) is 0 Å². The van der Waals surface area contributed by atoms with Gasteiger partial charge in [0, 0.05) is 16.8 Å². The van der Waals surface area contributed by atoms with E-state index < -0.39 is 16.4 Å². The number of alkyl halides is 2. The van der Waals surface area contributed by atoms with E-state index in [0.29, 0.717) is 11.8 Å². The molecule has 0 aliphatic heterocycles. The van der Waals surface area contributed by atoms with Crippen molar-refractivity contribution in [2.75, 3.05) is 6.61 Å². The van der Waals surface area contributed by atoms with Gasteiger partial charge >= 0.3 is 0 Å². The van der Waals surface area contributed by atoms with Crippen LogP contribution in [0.3, 0.4) is 0 Å². The second-order valence-corrected chi connectivity index (χ2v) is 7.40. The molecule has 1 aromatic carbocycles. The Morgan fingerprint density at radius 2 is 2.21 bits per heavy atom. The number of halogens is 2. The molecule has 1 aliphatic carbocycles. The lowest BCUT2D eigenvalue weighted by atomic mass is 10.1.